The average Bonchev–Trinajstić information content (AvgIpc) is 1.75. The summed E-state index contributed by atoms with van der Waals surface area (Å²) >= 11 is 0. The molecule has 1 aliphatic carbocycles. The van der Waals surface area contributed by atoms with Crippen molar-refractivity contribution >= 4 is 62.7 Å². The number of aliphatic hydroxyl groups is 3. The fourth-order valence-electron chi connectivity index (χ4n) is 12.8. The van der Waals surface area contributed by atoms with Crippen molar-refractivity contribution in [3.8, 4) is 28.7 Å². The van der Waals surface area contributed by atoms with Crippen LogP contribution < -0.4 is 30.4 Å². The van der Waals surface area contributed by atoms with E-state index in [9.17, 15) is 49.8 Å². The number of halogens is 1. The zero-order valence-corrected chi connectivity index (χ0v) is 50.6. The number of phenols is 3. The number of methoxy groups -OCH3 is 2. The van der Waals surface area contributed by atoms with E-state index in [1.54, 1.807) is 51.1 Å². The molecule has 1 amide bonds. The number of amides is 1. The summed E-state index contributed by atoms with van der Waals surface area (Å²) in [5.74, 6) is -9.45. The van der Waals surface area contributed by atoms with Crippen molar-refractivity contribution in [2.24, 2.45) is 34.7 Å². The minimum Gasteiger partial charge on any atom is -0.508 e. The normalized spacial score (nSPS) is 28.8. The number of hydrogen-bond acceptors (Lipinski definition) is 19. The summed E-state index contributed by atoms with van der Waals surface area (Å²) < 4.78 is 48.0. The molecule has 1 aromatic heterocycles. The van der Waals surface area contributed by atoms with Crippen LogP contribution in [0.4, 0.5) is 15.8 Å². The van der Waals surface area contributed by atoms with Crippen molar-refractivity contribution in [1.29, 1.82) is 0 Å². The molecule has 0 spiro atoms. The van der Waals surface area contributed by atoms with E-state index < -0.39 is 100 Å². The van der Waals surface area contributed by atoms with Crippen molar-refractivity contribution < 1.29 is 73.1 Å². The largest absolute Gasteiger partial charge is 0.508 e. The van der Waals surface area contributed by atoms with Gasteiger partial charge in [0.1, 0.15) is 34.8 Å². The van der Waals surface area contributed by atoms with E-state index in [0.29, 0.717) is 44.5 Å². The number of hydrogen-bond donors (Lipinski definition) is 8. The summed E-state index contributed by atoms with van der Waals surface area (Å²) in [6, 6.07) is 1.39. The standard InChI is InChI=1S/C64H81FN6O15/c1-30-14-13-15-31(2)63(81)68-50-43(27-66-70-23-19-40(20-24-70)67-36(7)39-18-22-69(28-39)52-45(65)26-42-51(61(52)83-12)71(41-16-17-41)29-44(37(8)72)56(42)77)57(78)47-48(58(50)79)55(76)35(6)60-49(47)62(80)64(10,86-60)84-25-21-46(82-11)32(3)59(85-38(9)73)34(5)54(75)33(4)53(30)74/h13-15,21,25-27,29-30,32-34,36,39-41,46,53-54,59,67,72,74-76,78-79H,8,16-20,22-24,28H2,1-7,9-12H3,(H,68,81)/b14-13+,25-21+,31-15-,66-27-/t30-,32+,33+,34+,36?,39?,46-,53-,54+,59+,64-/m0/s1. The molecule has 11 atom stereocenters. The number of nitrogens with zero attached hydrogens (tertiary/aromatic N) is 4. The number of aromatic hydroxyl groups is 3. The topological polar surface area (TPSA) is 284 Å². The number of benzene rings is 3. The van der Waals surface area contributed by atoms with E-state index >= 15 is 4.39 Å². The summed E-state index contributed by atoms with van der Waals surface area (Å²) in [6.07, 6.45) is 10.0. The molecule has 2 unspecified atom stereocenters. The van der Waals surface area contributed by atoms with Gasteiger partial charge in [-0.3, -0.25) is 24.2 Å². The Morgan fingerprint density at radius 2 is 1.65 bits per heavy atom. The van der Waals surface area contributed by atoms with Gasteiger partial charge in [0.05, 0.1) is 76.6 Å². The highest BCUT2D eigenvalue weighted by Crippen LogP contribution is 2.55. The van der Waals surface area contributed by atoms with Crippen LogP contribution in [0.2, 0.25) is 0 Å². The zero-order chi connectivity index (χ0) is 62.5. The van der Waals surface area contributed by atoms with Gasteiger partial charge >= 0.3 is 11.8 Å². The number of pyridine rings is 1. The third-order valence-electron chi connectivity index (χ3n) is 18.3. The molecule has 5 bridgehead atoms. The van der Waals surface area contributed by atoms with Gasteiger partial charge in [-0.25, -0.2) is 4.39 Å². The van der Waals surface area contributed by atoms with Crippen molar-refractivity contribution in [3.05, 3.63) is 93.3 Å². The van der Waals surface area contributed by atoms with E-state index in [1.165, 1.54) is 72.6 Å². The molecule has 4 aromatic rings. The number of rotatable bonds is 11. The summed E-state index contributed by atoms with van der Waals surface area (Å²) in [6.45, 7) is 20.1. The first-order valence-electron chi connectivity index (χ1n) is 29.4. The summed E-state index contributed by atoms with van der Waals surface area (Å²) in [7, 11) is 2.90. The summed E-state index contributed by atoms with van der Waals surface area (Å²) in [5, 5.41) is 82.5. The number of hydrazone groups is 1. The monoisotopic (exact) mass is 1190 g/mol. The number of piperidine rings is 1. The second kappa shape index (κ2) is 25.0. The maximum Gasteiger partial charge on any atom is 0.312 e. The van der Waals surface area contributed by atoms with Crippen LogP contribution in [-0.2, 0) is 23.8 Å². The number of fused-ring (bicyclic) bond motifs is 15. The van der Waals surface area contributed by atoms with Crippen LogP contribution in [0.5, 0.6) is 28.7 Å². The number of nitrogens with one attached hydrogen (secondary N) is 2. The zero-order valence-electron chi connectivity index (χ0n) is 50.6. The Hall–Kier alpha value is -7.66. The quantitative estimate of drug-likeness (QED) is 0.0230. The molecule has 86 heavy (non-hydrogen) atoms. The fourth-order valence-corrected chi connectivity index (χ4v) is 12.8. The number of aliphatic hydroxyl groups excluding tert-OH is 3. The maximum atomic E-state index is 16.3. The predicted octanol–water partition coefficient (Wildman–Crippen LogP) is 8.38. The van der Waals surface area contributed by atoms with Crippen molar-refractivity contribution in [2.75, 3.05) is 50.6 Å². The molecule has 5 aliphatic heterocycles. The number of Topliss-reactive ketones (excluding diaryl/α,β-unsaturated/α-hetero) is 1. The van der Waals surface area contributed by atoms with E-state index in [-0.39, 0.29) is 96.7 Å². The van der Waals surface area contributed by atoms with Crippen LogP contribution in [0.25, 0.3) is 27.4 Å². The Morgan fingerprint density at radius 3 is 2.29 bits per heavy atom. The number of esters is 1. The number of allylic oxidation sites excluding steroid dienone is 2. The molecule has 6 heterocycles. The van der Waals surface area contributed by atoms with Crippen molar-refractivity contribution in [1.82, 2.24) is 14.9 Å². The Balaban J connectivity index is 0.986. The van der Waals surface area contributed by atoms with Crippen LogP contribution in [0, 0.1) is 42.3 Å². The van der Waals surface area contributed by atoms with Crippen LogP contribution in [0.3, 0.4) is 0 Å². The van der Waals surface area contributed by atoms with Crippen LogP contribution in [-0.4, -0.2) is 147 Å². The first kappa shape index (κ1) is 62.9. The highest BCUT2D eigenvalue weighted by Gasteiger charge is 2.50. The van der Waals surface area contributed by atoms with Gasteiger partial charge in [0, 0.05) is 112 Å². The number of carbonyl (C=O) groups excluding carboxylic acids is 3. The molecule has 3 aromatic carbocycles. The number of ether oxygens (including phenoxy) is 5. The molecule has 22 heteroatoms. The minimum atomic E-state index is -2.11. The lowest BCUT2D eigenvalue weighted by molar-refractivity contribution is -0.160. The van der Waals surface area contributed by atoms with Gasteiger partial charge in [0.25, 0.3) is 11.7 Å². The van der Waals surface area contributed by atoms with Crippen LogP contribution in [0.15, 0.2) is 64.9 Å². The molecule has 464 valence electrons. The Labute approximate surface area is 499 Å². The smallest absolute Gasteiger partial charge is 0.312 e. The Bertz CT molecular complexity index is 3530. The van der Waals surface area contributed by atoms with Gasteiger partial charge in [0.15, 0.2) is 17.3 Å². The fraction of sp³-hybridized carbons (Fsp3) is 0.516. The van der Waals surface area contributed by atoms with Gasteiger partial charge in [-0.05, 0) is 70.9 Å². The Morgan fingerprint density at radius 1 is 0.953 bits per heavy atom. The van der Waals surface area contributed by atoms with Gasteiger partial charge in [-0.1, -0.05) is 52.5 Å². The predicted molar refractivity (Wildman–Crippen MR) is 324 cm³/mol. The lowest BCUT2D eigenvalue weighted by Crippen LogP contribution is -2.46. The number of ketones is 1. The lowest BCUT2D eigenvalue weighted by Gasteiger charge is -2.38. The molecule has 21 nitrogen and oxygen atoms in total. The third-order valence-corrected chi connectivity index (χ3v) is 18.3. The first-order valence-corrected chi connectivity index (χ1v) is 29.4. The lowest BCUT2D eigenvalue weighted by atomic mass is 9.78. The number of phenolic OH excluding ortho intramolecular Hbond substituents is 3. The number of aromatic nitrogens is 1. The van der Waals surface area contributed by atoms with E-state index in [4.69, 9.17) is 28.8 Å². The molecular weight excluding hydrogens is 1110 g/mol. The molecule has 3 fully saturated rings. The molecule has 10 rings (SSSR count). The second-order valence-electron chi connectivity index (χ2n) is 24.1. The van der Waals surface area contributed by atoms with Crippen molar-refractivity contribution in [3.63, 3.8) is 0 Å². The van der Waals surface area contributed by atoms with E-state index in [1.807, 2.05) is 9.47 Å². The van der Waals surface area contributed by atoms with Crippen molar-refractivity contribution in [2.45, 2.75) is 143 Å². The number of carbonyl (C=O) groups is 3. The molecule has 2 saturated heterocycles. The minimum absolute atomic E-state index is 0.00909. The second-order valence-corrected chi connectivity index (χ2v) is 24.1. The van der Waals surface area contributed by atoms with E-state index in [0.717, 1.165) is 19.3 Å². The summed E-state index contributed by atoms with van der Waals surface area (Å²) in [5.41, 5.74) is -0.316. The SMILES string of the molecule is C=C(O)c1cn(C2CC2)c2c(OC)c(N3CCC(C(C)NC4CCN(/N=C\c5c6c(O)c7c(O)c(C)c8c(c7c5O)C(=O)[C@@](C)(O/C=C/[C@H](OC)[C@@H](C)[C@@H](OC(C)=O)[C@H](C)[C@H](O)[C@H](C)[C@@H](O)[C@@H](C)/C=C/C=C(/C)C(=O)N6)O8)CC4)C3)c(F)cc2c1=O. The third kappa shape index (κ3) is 11.8. The highest BCUT2D eigenvalue weighted by atomic mass is 19.1. The molecule has 1 saturated carbocycles. The highest BCUT2D eigenvalue weighted by molar-refractivity contribution is 6.24. The van der Waals surface area contributed by atoms with Crippen LogP contribution in [0.1, 0.15) is 121 Å². The first-order chi connectivity index (χ1) is 40.7. The molecule has 6 aliphatic rings. The Kier molecular flexibility index (Phi) is 18.3. The molecule has 8 N–H and O–H groups in total. The van der Waals surface area contributed by atoms with Gasteiger partial charge in [-0.2, -0.15) is 5.10 Å². The average molecular weight is 1190 g/mol. The molecular formula is C64H81FN6O15. The van der Waals surface area contributed by atoms with E-state index in [2.05, 4.69) is 24.1 Å². The number of anilines is 2. The summed E-state index contributed by atoms with van der Waals surface area (Å²) in [4.78, 5) is 56.9. The molecule has 0 radical (unpaired) electrons. The van der Waals surface area contributed by atoms with Gasteiger partial charge < -0.3 is 74.4 Å². The maximum absolute atomic E-state index is 16.3. The van der Waals surface area contributed by atoms with Crippen LogP contribution >= 0.6 is 0 Å². The van der Waals surface area contributed by atoms with Gasteiger partial charge in [0.2, 0.25) is 5.43 Å². The van der Waals surface area contributed by atoms with Gasteiger partial charge in [-0.15, -0.1) is 0 Å².